The number of rotatable bonds is 7. The first-order valence-corrected chi connectivity index (χ1v) is 11.9. The number of pyridine rings is 1. The highest BCUT2D eigenvalue weighted by Crippen LogP contribution is 2.24. The lowest BCUT2D eigenvalue weighted by Gasteiger charge is -2.40. The zero-order chi connectivity index (χ0) is 24.1. The molecule has 1 saturated heterocycles. The van der Waals surface area contributed by atoms with E-state index < -0.39 is 6.04 Å². The zero-order valence-corrected chi connectivity index (χ0v) is 20.1. The van der Waals surface area contributed by atoms with Crippen LogP contribution < -0.4 is 0 Å². The molecule has 1 atom stereocenters. The number of nitrogens with zero attached hydrogens (tertiary/aromatic N) is 3. The molecule has 1 fully saturated rings. The summed E-state index contributed by atoms with van der Waals surface area (Å²) in [5.74, 6) is -0.388. The van der Waals surface area contributed by atoms with Gasteiger partial charge in [0.25, 0.3) is 0 Å². The van der Waals surface area contributed by atoms with Crippen molar-refractivity contribution in [3.05, 3.63) is 75.6 Å². The normalized spacial score (nSPS) is 16.4. The predicted octanol–water partition coefficient (Wildman–Crippen LogP) is 4.07. The monoisotopic (exact) mass is 497 g/mol. The largest absolute Gasteiger partial charge is 0.493 e. The Hall–Kier alpha value is -3.20. The molecule has 1 N–H and O–H groups in total. The van der Waals surface area contributed by atoms with Gasteiger partial charge in [-0.3, -0.25) is 9.59 Å². The molecule has 4 rings (SSSR count). The summed E-state index contributed by atoms with van der Waals surface area (Å²) in [5.41, 5.74) is 2.84. The van der Waals surface area contributed by atoms with Gasteiger partial charge < -0.3 is 19.6 Å². The molecule has 3 heterocycles. The summed E-state index contributed by atoms with van der Waals surface area (Å²) in [6.45, 7) is 1.43. The third kappa shape index (κ3) is 5.64. The van der Waals surface area contributed by atoms with Crippen LogP contribution in [0.5, 0.6) is 5.88 Å². The summed E-state index contributed by atoms with van der Waals surface area (Å²) in [6.07, 6.45) is 4.80. The lowest BCUT2D eigenvalue weighted by Crippen LogP contribution is -2.59. The number of piperazine rings is 1. The van der Waals surface area contributed by atoms with Crippen LogP contribution in [0.3, 0.4) is 0 Å². The summed E-state index contributed by atoms with van der Waals surface area (Å²) in [7, 11) is 1.52. The molecule has 0 saturated carbocycles. The number of aromatic hydroxyl groups is 1. The molecule has 7 nitrogen and oxygen atoms in total. The molecule has 2 amide bonds. The van der Waals surface area contributed by atoms with Gasteiger partial charge in [-0.1, -0.05) is 35.9 Å². The number of carbonyl (C=O) groups is 2. The van der Waals surface area contributed by atoms with Crippen molar-refractivity contribution in [3.8, 4) is 17.0 Å². The molecule has 0 bridgehead atoms. The van der Waals surface area contributed by atoms with Crippen molar-refractivity contribution in [1.82, 2.24) is 14.8 Å². The SMILES string of the molecule is COC[C@H]1C(=O)N(Cc2ccc(-c3ccc(O)nc3)cc2)CCN1C(=O)C=Cc1ccc(Cl)s1. The zero-order valence-electron chi connectivity index (χ0n) is 18.6. The fourth-order valence-electron chi connectivity index (χ4n) is 3.83. The molecule has 3 aromatic rings. The highest BCUT2D eigenvalue weighted by Gasteiger charge is 2.36. The quantitative estimate of drug-likeness (QED) is 0.497. The number of benzene rings is 1. The average Bonchev–Trinajstić information content (AvgIpc) is 3.26. The van der Waals surface area contributed by atoms with Crippen LogP contribution in [0.25, 0.3) is 17.2 Å². The predicted molar refractivity (Wildman–Crippen MR) is 132 cm³/mol. The van der Waals surface area contributed by atoms with E-state index in [9.17, 15) is 14.7 Å². The van der Waals surface area contributed by atoms with Crippen LogP contribution in [-0.2, 0) is 20.9 Å². The van der Waals surface area contributed by atoms with E-state index in [1.54, 1.807) is 40.3 Å². The molecular formula is C25H24ClN3O4S. The Balaban J connectivity index is 1.42. The number of hydrogen-bond acceptors (Lipinski definition) is 6. The Morgan fingerprint density at radius 1 is 1.18 bits per heavy atom. The van der Waals surface area contributed by atoms with Crippen LogP contribution in [0.15, 0.2) is 60.8 Å². The van der Waals surface area contributed by atoms with E-state index in [2.05, 4.69) is 4.98 Å². The van der Waals surface area contributed by atoms with Crippen LogP contribution in [0.2, 0.25) is 4.34 Å². The van der Waals surface area contributed by atoms with Crippen LogP contribution in [-0.4, -0.2) is 64.6 Å². The minimum absolute atomic E-state index is 0.0199. The summed E-state index contributed by atoms with van der Waals surface area (Å²) in [6, 6.07) is 14.1. The van der Waals surface area contributed by atoms with Crippen molar-refractivity contribution in [2.45, 2.75) is 12.6 Å². The number of methoxy groups -OCH3 is 1. The molecule has 176 valence electrons. The van der Waals surface area contributed by atoms with E-state index in [4.69, 9.17) is 16.3 Å². The lowest BCUT2D eigenvalue weighted by atomic mass is 10.0. The molecule has 0 aliphatic carbocycles. The number of aromatic nitrogens is 1. The van der Waals surface area contributed by atoms with Crippen LogP contribution in [0.1, 0.15) is 10.4 Å². The first-order valence-electron chi connectivity index (χ1n) is 10.7. The Kier molecular flexibility index (Phi) is 7.62. The van der Waals surface area contributed by atoms with Gasteiger partial charge in [-0.25, -0.2) is 4.98 Å². The second-order valence-corrected chi connectivity index (χ2v) is 9.59. The molecule has 9 heteroatoms. The molecule has 34 heavy (non-hydrogen) atoms. The Morgan fingerprint density at radius 2 is 1.94 bits per heavy atom. The molecule has 0 radical (unpaired) electrons. The molecular weight excluding hydrogens is 474 g/mol. The summed E-state index contributed by atoms with van der Waals surface area (Å²) >= 11 is 7.33. The molecule has 2 aromatic heterocycles. The highest BCUT2D eigenvalue weighted by atomic mass is 35.5. The Labute approximate surface area is 206 Å². The maximum absolute atomic E-state index is 13.2. The van der Waals surface area contributed by atoms with E-state index in [-0.39, 0.29) is 24.3 Å². The molecule has 1 aromatic carbocycles. The average molecular weight is 498 g/mol. The summed E-state index contributed by atoms with van der Waals surface area (Å²) < 4.78 is 5.92. The maximum Gasteiger partial charge on any atom is 0.248 e. The number of halogens is 1. The topological polar surface area (TPSA) is 83.0 Å². The smallest absolute Gasteiger partial charge is 0.248 e. The molecule has 0 unspecified atom stereocenters. The fourth-order valence-corrected chi connectivity index (χ4v) is 4.79. The van der Waals surface area contributed by atoms with Crippen molar-refractivity contribution in [1.29, 1.82) is 0 Å². The molecule has 0 spiro atoms. The van der Waals surface area contributed by atoms with Gasteiger partial charge in [0.15, 0.2) is 0 Å². The Bertz CT molecular complexity index is 1180. The number of thiophene rings is 1. The maximum atomic E-state index is 13.2. The summed E-state index contributed by atoms with van der Waals surface area (Å²) in [4.78, 5) is 34.1. The van der Waals surface area contributed by atoms with Gasteiger partial charge in [-0.2, -0.15) is 0 Å². The minimum Gasteiger partial charge on any atom is -0.493 e. The van der Waals surface area contributed by atoms with Gasteiger partial charge in [0.05, 0.1) is 10.9 Å². The third-order valence-electron chi connectivity index (χ3n) is 5.58. The Morgan fingerprint density at radius 3 is 2.59 bits per heavy atom. The fraction of sp³-hybridized carbons (Fsp3) is 0.240. The van der Waals surface area contributed by atoms with Gasteiger partial charge in [-0.15, -0.1) is 11.3 Å². The molecule has 1 aliphatic rings. The van der Waals surface area contributed by atoms with Gasteiger partial charge in [0.1, 0.15) is 6.04 Å². The van der Waals surface area contributed by atoms with E-state index in [1.165, 1.54) is 24.5 Å². The second-order valence-electron chi connectivity index (χ2n) is 7.84. The first kappa shape index (κ1) is 23.9. The van der Waals surface area contributed by atoms with Crippen molar-refractivity contribution >= 4 is 40.8 Å². The summed E-state index contributed by atoms with van der Waals surface area (Å²) in [5, 5.41) is 9.36. The van der Waals surface area contributed by atoms with Crippen LogP contribution in [0, 0.1) is 0 Å². The van der Waals surface area contributed by atoms with Crippen molar-refractivity contribution in [2.24, 2.45) is 0 Å². The lowest BCUT2D eigenvalue weighted by molar-refractivity contribution is -0.152. The third-order valence-corrected chi connectivity index (χ3v) is 6.78. The van der Waals surface area contributed by atoms with E-state index in [0.29, 0.717) is 24.0 Å². The number of hydrogen-bond donors (Lipinski definition) is 1. The van der Waals surface area contributed by atoms with Gasteiger partial charge >= 0.3 is 0 Å². The van der Waals surface area contributed by atoms with Gasteiger partial charge in [-0.05, 0) is 35.4 Å². The van der Waals surface area contributed by atoms with E-state index in [1.807, 2.05) is 30.3 Å². The second kappa shape index (κ2) is 10.8. The van der Waals surface area contributed by atoms with Crippen molar-refractivity contribution in [3.63, 3.8) is 0 Å². The van der Waals surface area contributed by atoms with Crippen molar-refractivity contribution < 1.29 is 19.4 Å². The van der Waals surface area contributed by atoms with Gasteiger partial charge in [0, 0.05) is 55.5 Å². The first-order chi connectivity index (χ1) is 16.4. The molecule has 1 aliphatic heterocycles. The van der Waals surface area contributed by atoms with Crippen LogP contribution in [0.4, 0.5) is 0 Å². The van der Waals surface area contributed by atoms with E-state index in [0.717, 1.165) is 21.6 Å². The minimum atomic E-state index is -0.676. The highest BCUT2D eigenvalue weighted by molar-refractivity contribution is 7.17. The number of ether oxygens (including phenoxy) is 1. The standard InChI is InChI=1S/C25H24ClN3O4S/c1-33-16-21-25(32)28(12-13-29(21)24(31)11-8-20-7-9-22(26)34-20)15-17-2-4-18(5-3-17)19-6-10-23(30)27-14-19/h2-11,14,21H,12-13,15-16H2,1H3,(H,27,30)/t21-/m0/s1. The van der Waals surface area contributed by atoms with Crippen molar-refractivity contribution in [2.75, 3.05) is 26.8 Å². The number of carbonyl (C=O) groups excluding carboxylic acids is 2. The van der Waals surface area contributed by atoms with E-state index >= 15 is 0 Å². The van der Waals surface area contributed by atoms with Gasteiger partial charge in [0.2, 0.25) is 17.7 Å². The number of amides is 2. The van der Waals surface area contributed by atoms with Crippen LogP contribution >= 0.6 is 22.9 Å².